The lowest BCUT2D eigenvalue weighted by molar-refractivity contribution is -0.122. The molecule has 184 valence electrons. The molecule has 0 radical (unpaired) electrons. The number of ether oxygens (including phenoxy) is 1. The number of anilines is 2. The molecule has 0 saturated carbocycles. The lowest BCUT2D eigenvalue weighted by Gasteiger charge is -2.34. The monoisotopic (exact) mass is 540 g/mol. The number of aromatic nitrogens is 2. The Labute approximate surface area is 217 Å². The molecule has 2 heterocycles. The van der Waals surface area contributed by atoms with Gasteiger partial charge in [0.25, 0.3) is 15.9 Å². The van der Waals surface area contributed by atoms with Gasteiger partial charge in [-0.1, -0.05) is 70.5 Å². The van der Waals surface area contributed by atoms with E-state index < -0.39 is 22.0 Å². The molecule has 1 amide bonds. The molecule has 1 unspecified atom stereocenters. The van der Waals surface area contributed by atoms with Crippen molar-refractivity contribution in [1.82, 2.24) is 10.2 Å². The van der Waals surface area contributed by atoms with Crippen molar-refractivity contribution in [3.05, 3.63) is 82.9 Å². The highest BCUT2D eigenvalue weighted by molar-refractivity contribution is 7.92. The number of hydrogen-bond donors (Lipinski definition) is 1. The number of benzene rings is 3. The van der Waals surface area contributed by atoms with Crippen molar-refractivity contribution in [3.63, 3.8) is 0 Å². The van der Waals surface area contributed by atoms with Crippen molar-refractivity contribution >= 4 is 49.7 Å². The van der Waals surface area contributed by atoms with E-state index in [9.17, 15) is 13.2 Å². The van der Waals surface area contributed by atoms with Gasteiger partial charge in [-0.3, -0.25) is 14.4 Å². The first-order chi connectivity index (χ1) is 17.2. The van der Waals surface area contributed by atoms with Crippen molar-refractivity contribution in [3.8, 4) is 16.3 Å². The predicted octanol–water partition coefficient (Wildman–Crippen LogP) is 5.07. The van der Waals surface area contributed by atoms with Crippen LogP contribution in [0, 0.1) is 13.8 Å². The SMILES string of the molecule is Cc1ccc(-c2nnc(NC(=O)C3CN(S(=O)(=O)c4ccc(C)cc4)c4cc(Cl)ccc4O3)s2)cc1. The van der Waals surface area contributed by atoms with Crippen molar-refractivity contribution < 1.29 is 17.9 Å². The Balaban J connectivity index is 1.42. The Bertz CT molecular complexity index is 1540. The number of carbonyl (C=O) groups is 1. The van der Waals surface area contributed by atoms with Crippen LogP contribution in [0.25, 0.3) is 10.6 Å². The molecule has 0 spiro atoms. The molecule has 1 aliphatic rings. The largest absolute Gasteiger partial charge is 0.476 e. The molecule has 1 atom stereocenters. The molecule has 1 aliphatic heterocycles. The number of nitrogens with zero attached hydrogens (tertiary/aromatic N) is 3. The first-order valence-corrected chi connectivity index (χ1v) is 13.6. The standard InChI is InChI=1S/C25H21ClN4O4S2/c1-15-3-7-17(8-4-15)24-28-29-25(35-24)27-23(31)22-14-30(20-13-18(26)9-12-21(20)34-22)36(32,33)19-10-5-16(2)6-11-19/h3-13,22H,14H2,1-2H3,(H,27,29,31). The van der Waals surface area contributed by atoms with E-state index in [1.54, 1.807) is 24.3 Å². The van der Waals surface area contributed by atoms with Gasteiger partial charge >= 0.3 is 0 Å². The maximum Gasteiger partial charge on any atom is 0.269 e. The van der Waals surface area contributed by atoms with E-state index in [2.05, 4.69) is 15.5 Å². The third-order valence-corrected chi connectivity index (χ3v) is 8.56. The van der Waals surface area contributed by atoms with E-state index in [4.69, 9.17) is 16.3 Å². The average molecular weight is 541 g/mol. The summed E-state index contributed by atoms with van der Waals surface area (Å²) in [7, 11) is -3.99. The predicted molar refractivity (Wildman–Crippen MR) is 140 cm³/mol. The van der Waals surface area contributed by atoms with Crippen molar-refractivity contribution in [2.45, 2.75) is 24.8 Å². The van der Waals surface area contributed by atoms with E-state index in [-0.39, 0.29) is 28.0 Å². The molecule has 1 aromatic heterocycles. The minimum absolute atomic E-state index is 0.104. The van der Waals surface area contributed by atoms with Crippen LogP contribution in [0.15, 0.2) is 71.6 Å². The van der Waals surface area contributed by atoms with Gasteiger partial charge in [-0.15, -0.1) is 10.2 Å². The molecule has 0 saturated heterocycles. The highest BCUT2D eigenvalue weighted by Crippen LogP contribution is 2.39. The molecule has 0 aliphatic carbocycles. The smallest absolute Gasteiger partial charge is 0.269 e. The van der Waals surface area contributed by atoms with Crippen molar-refractivity contribution in [2.24, 2.45) is 0 Å². The first kappa shape index (κ1) is 24.2. The lowest BCUT2D eigenvalue weighted by atomic mass is 10.2. The van der Waals surface area contributed by atoms with E-state index in [0.717, 1.165) is 21.0 Å². The van der Waals surface area contributed by atoms with Crippen LogP contribution in [-0.2, 0) is 14.8 Å². The van der Waals surface area contributed by atoms with Gasteiger partial charge in [-0.05, 0) is 44.2 Å². The van der Waals surface area contributed by atoms with Crippen LogP contribution in [-0.4, -0.2) is 37.2 Å². The molecule has 4 aromatic rings. The first-order valence-electron chi connectivity index (χ1n) is 11.0. The summed E-state index contributed by atoms with van der Waals surface area (Å²) in [5.74, 6) is -0.301. The third kappa shape index (κ3) is 4.79. The molecule has 0 bridgehead atoms. The van der Waals surface area contributed by atoms with Crippen LogP contribution >= 0.6 is 22.9 Å². The average Bonchev–Trinajstić information content (AvgIpc) is 3.32. The summed E-state index contributed by atoms with van der Waals surface area (Å²) in [6.07, 6.45) is -1.12. The summed E-state index contributed by atoms with van der Waals surface area (Å²) in [5, 5.41) is 12.2. The van der Waals surface area contributed by atoms with Crippen LogP contribution in [0.2, 0.25) is 5.02 Å². The molecule has 5 rings (SSSR count). The zero-order valence-corrected chi connectivity index (χ0v) is 21.7. The second kappa shape index (κ2) is 9.53. The molecule has 1 N–H and O–H groups in total. The topological polar surface area (TPSA) is 101 Å². The Morgan fingerprint density at radius 1 is 1.03 bits per heavy atom. The summed E-state index contributed by atoms with van der Waals surface area (Å²) < 4.78 is 34.2. The molecule has 11 heteroatoms. The summed E-state index contributed by atoms with van der Waals surface area (Å²) >= 11 is 7.37. The van der Waals surface area contributed by atoms with Gasteiger partial charge in [-0.25, -0.2) is 8.42 Å². The number of nitrogens with one attached hydrogen (secondary N) is 1. The molecule has 3 aromatic carbocycles. The second-order valence-electron chi connectivity index (χ2n) is 8.34. The quantitative estimate of drug-likeness (QED) is 0.379. The lowest BCUT2D eigenvalue weighted by Crippen LogP contribution is -2.48. The van der Waals surface area contributed by atoms with Gasteiger partial charge in [0.15, 0.2) is 6.10 Å². The summed E-state index contributed by atoms with van der Waals surface area (Å²) in [5.41, 5.74) is 3.20. The number of aryl methyl sites for hydroxylation is 2. The van der Waals surface area contributed by atoms with Gasteiger partial charge < -0.3 is 4.74 Å². The van der Waals surface area contributed by atoms with E-state index in [1.165, 1.54) is 29.5 Å². The Hall–Kier alpha value is -3.47. The summed E-state index contributed by atoms with van der Waals surface area (Å²) in [4.78, 5) is 13.2. The van der Waals surface area contributed by atoms with Gasteiger partial charge in [-0.2, -0.15) is 0 Å². The van der Waals surface area contributed by atoms with E-state index >= 15 is 0 Å². The molecule has 36 heavy (non-hydrogen) atoms. The number of hydrogen-bond acceptors (Lipinski definition) is 7. The minimum Gasteiger partial charge on any atom is -0.476 e. The maximum absolute atomic E-state index is 13.6. The fraction of sp³-hybridized carbons (Fsp3) is 0.160. The maximum atomic E-state index is 13.6. The zero-order chi connectivity index (χ0) is 25.4. The third-order valence-electron chi connectivity index (χ3n) is 5.65. The molecular weight excluding hydrogens is 520 g/mol. The number of carbonyl (C=O) groups excluding carboxylic acids is 1. The van der Waals surface area contributed by atoms with Crippen LogP contribution in [0.5, 0.6) is 5.75 Å². The molecular formula is C25H21ClN4O4S2. The van der Waals surface area contributed by atoms with Gasteiger partial charge in [0, 0.05) is 10.6 Å². The Kier molecular flexibility index (Phi) is 6.42. The highest BCUT2D eigenvalue weighted by Gasteiger charge is 2.38. The van der Waals surface area contributed by atoms with Crippen LogP contribution in [0.4, 0.5) is 10.8 Å². The molecule has 8 nitrogen and oxygen atoms in total. The second-order valence-corrected chi connectivity index (χ2v) is 11.6. The number of sulfonamides is 1. The summed E-state index contributed by atoms with van der Waals surface area (Å²) in [6.45, 7) is 3.63. The number of amides is 1. The Morgan fingerprint density at radius 3 is 2.39 bits per heavy atom. The van der Waals surface area contributed by atoms with Crippen LogP contribution < -0.4 is 14.4 Å². The Morgan fingerprint density at radius 2 is 1.69 bits per heavy atom. The van der Waals surface area contributed by atoms with Crippen LogP contribution in [0.3, 0.4) is 0 Å². The van der Waals surface area contributed by atoms with Crippen LogP contribution in [0.1, 0.15) is 11.1 Å². The highest BCUT2D eigenvalue weighted by atomic mass is 35.5. The normalized spacial score (nSPS) is 15.2. The van der Waals surface area contributed by atoms with Crippen molar-refractivity contribution in [1.29, 1.82) is 0 Å². The molecule has 0 fully saturated rings. The number of halogens is 1. The summed E-state index contributed by atoms with van der Waals surface area (Å²) in [6, 6.07) is 19.0. The van der Waals surface area contributed by atoms with E-state index in [1.807, 2.05) is 38.1 Å². The zero-order valence-electron chi connectivity index (χ0n) is 19.3. The van der Waals surface area contributed by atoms with Gasteiger partial charge in [0.1, 0.15) is 10.8 Å². The van der Waals surface area contributed by atoms with Gasteiger partial charge in [0.2, 0.25) is 5.13 Å². The minimum atomic E-state index is -3.99. The fourth-order valence-corrected chi connectivity index (χ4v) is 6.08. The van der Waals surface area contributed by atoms with Gasteiger partial charge in [0.05, 0.1) is 17.1 Å². The number of fused-ring (bicyclic) bond motifs is 1. The fourth-order valence-electron chi connectivity index (χ4n) is 3.70. The van der Waals surface area contributed by atoms with Crippen molar-refractivity contribution in [2.75, 3.05) is 16.2 Å². The number of rotatable bonds is 5. The van der Waals surface area contributed by atoms with E-state index in [0.29, 0.717) is 10.0 Å².